The molecule has 2 rings (SSSR count). The number of carboxylic acid groups (broad SMARTS) is 1. The quantitative estimate of drug-likeness (QED) is 0.842. The van der Waals surface area contributed by atoms with E-state index in [0.29, 0.717) is 10.9 Å². The topological polar surface area (TPSA) is 67.5 Å². The van der Waals surface area contributed by atoms with Crippen LogP contribution in [0.2, 0.25) is 0 Å². The summed E-state index contributed by atoms with van der Waals surface area (Å²) in [6, 6.07) is 1.96. The number of carboxylic acids is 1. The maximum Gasteiger partial charge on any atom is 0.313 e. The fourth-order valence-electron chi connectivity index (χ4n) is 1.44. The van der Waals surface area contributed by atoms with E-state index in [1.165, 1.54) is 11.8 Å². The van der Waals surface area contributed by atoms with Crippen LogP contribution in [-0.2, 0) is 4.79 Å². The van der Waals surface area contributed by atoms with Gasteiger partial charge >= 0.3 is 5.97 Å². The van der Waals surface area contributed by atoms with E-state index >= 15 is 0 Å². The molecule has 2 heterocycles. The number of aromatic nitrogens is 3. The average molecular weight is 251 g/mol. The number of carbonyl (C=O) groups is 1. The Morgan fingerprint density at radius 1 is 1.59 bits per heavy atom. The van der Waals surface area contributed by atoms with Gasteiger partial charge in [0, 0.05) is 12.4 Å². The van der Waals surface area contributed by atoms with E-state index in [0.717, 1.165) is 11.2 Å². The number of rotatable bonds is 4. The number of hydrogen-bond acceptors (Lipinski definition) is 4. The predicted molar refractivity (Wildman–Crippen MR) is 65.4 cm³/mol. The van der Waals surface area contributed by atoms with Gasteiger partial charge in [-0.05, 0) is 12.0 Å². The van der Waals surface area contributed by atoms with Gasteiger partial charge in [-0.25, -0.2) is 9.50 Å². The second-order valence-corrected chi connectivity index (χ2v) is 4.93. The van der Waals surface area contributed by atoms with Crippen molar-refractivity contribution in [3.05, 3.63) is 24.2 Å². The van der Waals surface area contributed by atoms with Crippen molar-refractivity contribution >= 4 is 23.2 Å². The fraction of sp³-hybridized carbons (Fsp3) is 0.364. The molecule has 5 nitrogen and oxygen atoms in total. The molecule has 0 bridgehead atoms. The normalized spacial score (nSPS) is 11.2. The second-order valence-electron chi connectivity index (χ2n) is 3.97. The van der Waals surface area contributed by atoms with Crippen LogP contribution >= 0.6 is 11.8 Å². The molecule has 90 valence electrons. The maximum absolute atomic E-state index is 10.6. The molecule has 17 heavy (non-hydrogen) atoms. The zero-order chi connectivity index (χ0) is 12.4. The van der Waals surface area contributed by atoms with Crippen LogP contribution in [0, 0.1) is 0 Å². The largest absolute Gasteiger partial charge is 0.481 e. The summed E-state index contributed by atoms with van der Waals surface area (Å²) in [4.78, 5) is 14.7. The SMILES string of the molecule is CC(C)c1cc2c(SCC(=O)O)nccn2n1. The van der Waals surface area contributed by atoms with Gasteiger partial charge in [-0.1, -0.05) is 25.6 Å². The Hall–Kier alpha value is -1.56. The lowest BCUT2D eigenvalue weighted by Gasteiger charge is -1.99. The van der Waals surface area contributed by atoms with E-state index in [9.17, 15) is 4.79 Å². The van der Waals surface area contributed by atoms with E-state index in [4.69, 9.17) is 5.11 Å². The number of aliphatic carboxylic acids is 1. The van der Waals surface area contributed by atoms with Crippen molar-refractivity contribution in [1.82, 2.24) is 14.6 Å². The van der Waals surface area contributed by atoms with Crippen LogP contribution in [0.3, 0.4) is 0 Å². The van der Waals surface area contributed by atoms with Crippen molar-refractivity contribution < 1.29 is 9.90 Å². The van der Waals surface area contributed by atoms with Crippen molar-refractivity contribution in [2.75, 3.05) is 5.75 Å². The fourth-order valence-corrected chi connectivity index (χ4v) is 2.14. The lowest BCUT2D eigenvalue weighted by atomic mass is 10.1. The van der Waals surface area contributed by atoms with Gasteiger partial charge < -0.3 is 5.11 Å². The number of nitrogens with zero attached hydrogens (tertiary/aromatic N) is 3. The molecule has 6 heteroatoms. The molecule has 0 unspecified atom stereocenters. The third-order valence-corrected chi connectivity index (χ3v) is 3.28. The molecule has 0 spiro atoms. The summed E-state index contributed by atoms with van der Waals surface area (Å²) in [5, 5.41) is 13.8. The first-order chi connectivity index (χ1) is 8.08. The molecular weight excluding hydrogens is 238 g/mol. The summed E-state index contributed by atoms with van der Waals surface area (Å²) < 4.78 is 1.74. The third kappa shape index (κ3) is 2.58. The molecule has 0 aliphatic carbocycles. The summed E-state index contributed by atoms with van der Waals surface area (Å²) in [5.41, 5.74) is 1.85. The molecule has 0 fully saturated rings. The molecule has 0 atom stereocenters. The highest BCUT2D eigenvalue weighted by Gasteiger charge is 2.11. The lowest BCUT2D eigenvalue weighted by molar-refractivity contribution is -0.133. The Kier molecular flexibility index (Phi) is 3.33. The Balaban J connectivity index is 2.38. The van der Waals surface area contributed by atoms with Gasteiger partial charge in [0.2, 0.25) is 0 Å². The highest BCUT2D eigenvalue weighted by molar-refractivity contribution is 8.00. The molecule has 2 aromatic rings. The second kappa shape index (κ2) is 4.75. The zero-order valence-electron chi connectivity index (χ0n) is 9.62. The van der Waals surface area contributed by atoms with E-state index in [-0.39, 0.29) is 5.75 Å². The molecular formula is C11H13N3O2S. The molecule has 0 amide bonds. The van der Waals surface area contributed by atoms with Gasteiger partial charge in [0.1, 0.15) is 5.03 Å². The lowest BCUT2D eigenvalue weighted by Crippen LogP contribution is -1.99. The summed E-state index contributed by atoms with van der Waals surface area (Å²) in [5.74, 6) is -0.496. The Labute approximate surface area is 103 Å². The van der Waals surface area contributed by atoms with Crippen molar-refractivity contribution in [3.8, 4) is 0 Å². The van der Waals surface area contributed by atoms with Crippen molar-refractivity contribution in [3.63, 3.8) is 0 Å². The van der Waals surface area contributed by atoms with Crippen molar-refractivity contribution in [2.45, 2.75) is 24.8 Å². The summed E-state index contributed by atoms with van der Waals surface area (Å²) >= 11 is 1.21. The van der Waals surface area contributed by atoms with Gasteiger partial charge in [0.25, 0.3) is 0 Å². The molecule has 0 aliphatic rings. The molecule has 1 N–H and O–H groups in total. The van der Waals surface area contributed by atoms with E-state index in [2.05, 4.69) is 23.9 Å². The van der Waals surface area contributed by atoms with Gasteiger partial charge in [-0.15, -0.1) is 0 Å². The van der Waals surface area contributed by atoms with Crippen molar-refractivity contribution in [1.29, 1.82) is 0 Å². The van der Waals surface area contributed by atoms with Gasteiger partial charge in [-0.2, -0.15) is 5.10 Å². The smallest absolute Gasteiger partial charge is 0.313 e. The van der Waals surface area contributed by atoms with Crippen molar-refractivity contribution in [2.24, 2.45) is 0 Å². The number of fused-ring (bicyclic) bond motifs is 1. The van der Waals surface area contributed by atoms with Crippen LogP contribution < -0.4 is 0 Å². The summed E-state index contributed by atoms with van der Waals surface area (Å²) in [6.07, 6.45) is 3.40. The average Bonchev–Trinajstić information content (AvgIpc) is 2.70. The van der Waals surface area contributed by atoms with E-state index < -0.39 is 5.97 Å². The number of hydrogen-bond donors (Lipinski definition) is 1. The molecule has 0 saturated carbocycles. The van der Waals surface area contributed by atoms with Gasteiger partial charge in [-0.3, -0.25) is 4.79 Å². The van der Waals surface area contributed by atoms with Crippen LogP contribution in [0.25, 0.3) is 5.52 Å². The van der Waals surface area contributed by atoms with Crippen LogP contribution in [0.5, 0.6) is 0 Å². The first kappa shape index (κ1) is 11.9. The maximum atomic E-state index is 10.6. The monoisotopic (exact) mass is 251 g/mol. The minimum atomic E-state index is -0.845. The summed E-state index contributed by atoms with van der Waals surface area (Å²) in [6.45, 7) is 4.14. The van der Waals surface area contributed by atoms with Crippen LogP contribution in [0.15, 0.2) is 23.5 Å². The zero-order valence-corrected chi connectivity index (χ0v) is 10.4. The van der Waals surface area contributed by atoms with E-state index in [1.54, 1.807) is 16.9 Å². The highest BCUT2D eigenvalue weighted by atomic mass is 32.2. The molecule has 2 aromatic heterocycles. The number of thioether (sulfide) groups is 1. The standard InChI is InChI=1S/C11H13N3O2S/c1-7(2)8-5-9-11(17-6-10(15)16)12-3-4-14(9)13-8/h3-5,7H,6H2,1-2H3,(H,15,16). The molecule has 0 saturated heterocycles. The minimum Gasteiger partial charge on any atom is -0.481 e. The van der Waals surface area contributed by atoms with Crippen LogP contribution in [0.4, 0.5) is 0 Å². The first-order valence-corrected chi connectivity index (χ1v) is 6.25. The highest BCUT2D eigenvalue weighted by Crippen LogP contribution is 2.23. The van der Waals surface area contributed by atoms with Gasteiger partial charge in [0.15, 0.2) is 0 Å². The molecule has 0 aromatic carbocycles. The van der Waals surface area contributed by atoms with E-state index in [1.807, 2.05) is 6.07 Å². The van der Waals surface area contributed by atoms with Crippen LogP contribution in [0.1, 0.15) is 25.5 Å². The Bertz CT molecular complexity index is 551. The summed E-state index contributed by atoms with van der Waals surface area (Å²) in [7, 11) is 0. The Morgan fingerprint density at radius 2 is 2.35 bits per heavy atom. The molecule has 0 aliphatic heterocycles. The Morgan fingerprint density at radius 3 is 3.00 bits per heavy atom. The predicted octanol–water partition coefficient (Wildman–Crippen LogP) is 2.03. The van der Waals surface area contributed by atoms with Gasteiger partial charge in [0.05, 0.1) is 17.0 Å². The van der Waals surface area contributed by atoms with Crippen LogP contribution in [-0.4, -0.2) is 31.4 Å². The minimum absolute atomic E-state index is 0.00879. The molecule has 0 radical (unpaired) electrons. The first-order valence-electron chi connectivity index (χ1n) is 5.27. The third-order valence-electron chi connectivity index (χ3n) is 2.30.